The summed E-state index contributed by atoms with van der Waals surface area (Å²) in [6, 6.07) is 48.7. The number of hydrogen-bond donors (Lipinski definition) is 0. The molecule has 460 valence electrons. The minimum absolute atomic E-state index is 0.152. The number of carbonyl (C=O) groups excluding carboxylic acids is 1. The molecule has 0 saturated carbocycles. The highest BCUT2D eigenvalue weighted by Gasteiger charge is 2.16. The van der Waals surface area contributed by atoms with Crippen LogP contribution in [0.15, 0.2) is 152 Å². The zero-order chi connectivity index (χ0) is 60.2. The molecule has 12 heteroatoms. The predicted octanol–water partition coefficient (Wildman–Crippen LogP) is 18.8. The number of hydrogen-bond acceptors (Lipinski definition) is 12. The number of carbonyl (C=O) groups is 1. The van der Waals surface area contributed by atoms with E-state index in [4.69, 9.17) is 52.1 Å². The third kappa shape index (κ3) is 23.8. The summed E-state index contributed by atoms with van der Waals surface area (Å²) < 4.78 is 67.8. The van der Waals surface area contributed by atoms with Gasteiger partial charge in [0.1, 0.15) is 74.1 Å². The fourth-order valence-corrected chi connectivity index (χ4v) is 9.30. The first-order valence-electron chi connectivity index (χ1n) is 31.4. The molecule has 0 aliphatic carbocycles. The van der Waals surface area contributed by atoms with E-state index in [1.165, 1.54) is 71.3 Å². The lowest BCUT2D eigenvalue weighted by Crippen LogP contribution is -2.05. The molecule has 0 heterocycles. The minimum Gasteiger partial charge on any atom is -0.494 e. The zero-order valence-corrected chi connectivity index (χ0v) is 51.7. The van der Waals surface area contributed by atoms with Crippen molar-refractivity contribution in [2.24, 2.45) is 0 Å². The minimum atomic E-state index is -0.526. The van der Waals surface area contributed by atoms with E-state index in [-0.39, 0.29) is 18.8 Å². The molecule has 0 aliphatic heterocycles. The SMILES string of the molecule is CCCCCCOc1ccc(COc2ccc(COc3cc(OCc4ccc(OCc5ccc(OCCCCCC)cc5)c(OCc5ccc(OCCCCCC)cc5)c4)cc(C(=O)OC)c3)cc2OCc2ccc(OCCCCCC)cc2)cc1. The molecule has 0 N–H and O–H groups in total. The number of unbranched alkanes of at least 4 members (excludes halogenated alkanes) is 12. The third-order valence-corrected chi connectivity index (χ3v) is 14.5. The molecule has 0 unspecified atom stereocenters. The van der Waals surface area contributed by atoms with Gasteiger partial charge in [0.2, 0.25) is 0 Å². The average molecular weight is 1170 g/mol. The van der Waals surface area contributed by atoms with Crippen LogP contribution >= 0.6 is 0 Å². The Labute approximate surface area is 512 Å². The van der Waals surface area contributed by atoms with Gasteiger partial charge < -0.3 is 52.1 Å². The molecule has 7 aromatic carbocycles. The van der Waals surface area contributed by atoms with E-state index in [0.717, 1.165) is 94.9 Å². The summed E-state index contributed by atoms with van der Waals surface area (Å²) >= 11 is 0. The first kappa shape index (κ1) is 65.6. The predicted molar refractivity (Wildman–Crippen MR) is 341 cm³/mol. The number of methoxy groups -OCH3 is 1. The fourth-order valence-electron chi connectivity index (χ4n) is 9.30. The fraction of sp³-hybridized carbons (Fsp3) is 0.419. The second-order valence-corrected chi connectivity index (χ2v) is 21.7. The molecule has 0 saturated heterocycles. The van der Waals surface area contributed by atoms with Gasteiger partial charge in [-0.15, -0.1) is 0 Å². The van der Waals surface area contributed by atoms with Crippen molar-refractivity contribution in [1.82, 2.24) is 0 Å². The van der Waals surface area contributed by atoms with Crippen LogP contribution in [0, 0.1) is 0 Å². The van der Waals surface area contributed by atoms with Crippen LogP contribution in [0.3, 0.4) is 0 Å². The van der Waals surface area contributed by atoms with Crippen molar-refractivity contribution in [1.29, 1.82) is 0 Å². The van der Waals surface area contributed by atoms with Crippen LogP contribution in [0.25, 0.3) is 0 Å². The lowest BCUT2D eigenvalue weighted by molar-refractivity contribution is 0.0599. The van der Waals surface area contributed by atoms with Crippen LogP contribution in [0.4, 0.5) is 0 Å². The Balaban J connectivity index is 1.03. The molecule has 7 rings (SSSR count). The molecule has 0 amide bonds. The Morgan fingerprint density at radius 2 is 0.547 bits per heavy atom. The van der Waals surface area contributed by atoms with Gasteiger partial charge in [0.15, 0.2) is 23.0 Å². The summed E-state index contributed by atoms with van der Waals surface area (Å²) in [5.74, 6) is 5.97. The van der Waals surface area contributed by atoms with Crippen LogP contribution < -0.4 is 47.4 Å². The standard InChI is InChI=1S/C74H92O12/c1-6-10-14-18-42-77-64-32-22-57(23-33-64)51-83-70-40-30-61(46-72(70)85-53-59-26-36-66(37-27-59)79-44-20-16-12-8-3)55-81-68-48-63(74(75)76-5)49-69(50-68)82-56-62-31-41-71(84-52-58-24-34-65(35-25-58)78-43-19-15-11-7-2)73(47-62)86-54-60-28-38-67(39-29-60)80-45-21-17-13-9-4/h22-41,46-50H,6-21,42-45,51-56H2,1-5H3. The van der Waals surface area contributed by atoms with E-state index in [2.05, 4.69) is 27.7 Å². The summed E-state index contributed by atoms with van der Waals surface area (Å²) in [7, 11) is 1.35. The van der Waals surface area contributed by atoms with Crippen molar-refractivity contribution in [3.8, 4) is 57.5 Å². The van der Waals surface area contributed by atoms with E-state index in [0.29, 0.717) is 87.4 Å². The maximum absolute atomic E-state index is 13.1. The second-order valence-electron chi connectivity index (χ2n) is 21.7. The Morgan fingerprint density at radius 1 is 0.267 bits per heavy atom. The van der Waals surface area contributed by atoms with E-state index in [1.807, 2.05) is 133 Å². The smallest absolute Gasteiger partial charge is 0.338 e. The summed E-state index contributed by atoms with van der Waals surface area (Å²) in [4.78, 5) is 13.1. The van der Waals surface area contributed by atoms with Crippen molar-refractivity contribution in [3.05, 3.63) is 191 Å². The number of rotatable bonds is 43. The van der Waals surface area contributed by atoms with Gasteiger partial charge >= 0.3 is 5.97 Å². The Morgan fingerprint density at radius 3 is 0.837 bits per heavy atom. The highest BCUT2D eigenvalue weighted by Crippen LogP contribution is 2.34. The molecular weight excluding hydrogens is 1080 g/mol. The highest BCUT2D eigenvalue weighted by molar-refractivity contribution is 5.90. The van der Waals surface area contributed by atoms with Gasteiger partial charge in [-0.1, -0.05) is 165 Å². The van der Waals surface area contributed by atoms with Gasteiger partial charge in [-0.25, -0.2) is 4.79 Å². The van der Waals surface area contributed by atoms with Gasteiger partial charge in [-0.2, -0.15) is 0 Å². The lowest BCUT2D eigenvalue weighted by atomic mass is 10.1. The molecule has 0 spiro atoms. The topological polar surface area (TPSA) is 119 Å². The van der Waals surface area contributed by atoms with Gasteiger partial charge in [-0.3, -0.25) is 0 Å². The van der Waals surface area contributed by atoms with Crippen molar-refractivity contribution in [2.75, 3.05) is 33.5 Å². The molecule has 0 aliphatic rings. The molecule has 0 radical (unpaired) electrons. The maximum Gasteiger partial charge on any atom is 0.338 e. The lowest BCUT2D eigenvalue weighted by Gasteiger charge is -2.16. The molecule has 7 aromatic rings. The van der Waals surface area contributed by atoms with Crippen LogP contribution in [0.5, 0.6) is 57.5 Å². The van der Waals surface area contributed by atoms with Gasteiger partial charge in [0.25, 0.3) is 0 Å². The van der Waals surface area contributed by atoms with Crippen molar-refractivity contribution < 1.29 is 56.9 Å². The van der Waals surface area contributed by atoms with Crippen molar-refractivity contribution in [2.45, 2.75) is 170 Å². The summed E-state index contributed by atoms with van der Waals surface area (Å²) in [6.07, 6.45) is 18.5. The first-order valence-corrected chi connectivity index (χ1v) is 31.4. The third-order valence-electron chi connectivity index (χ3n) is 14.5. The number of esters is 1. The van der Waals surface area contributed by atoms with E-state index in [1.54, 1.807) is 18.2 Å². The summed E-state index contributed by atoms with van der Waals surface area (Å²) in [6.45, 7) is 13.2. The normalized spacial score (nSPS) is 10.9. The second kappa shape index (κ2) is 38.1. The molecule has 0 atom stereocenters. The summed E-state index contributed by atoms with van der Waals surface area (Å²) in [5.41, 5.74) is 5.88. The van der Waals surface area contributed by atoms with Crippen LogP contribution in [0.2, 0.25) is 0 Å². The van der Waals surface area contributed by atoms with Crippen molar-refractivity contribution >= 4 is 5.97 Å². The number of ether oxygens (including phenoxy) is 11. The monoisotopic (exact) mass is 1170 g/mol. The quantitative estimate of drug-likeness (QED) is 0.0267. The van der Waals surface area contributed by atoms with Crippen LogP contribution in [-0.2, 0) is 44.4 Å². The Bertz CT molecular complexity index is 2800. The van der Waals surface area contributed by atoms with E-state index in [9.17, 15) is 4.79 Å². The van der Waals surface area contributed by atoms with Crippen molar-refractivity contribution in [3.63, 3.8) is 0 Å². The average Bonchev–Trinajstić information content (AvgIpc) is 3.74. The Hall–Kier alpha value is -7.99. The molecule has 0 fully saturated rings. The van der Waals surface area contributed by atoms with Gasteiger partial charge in [0, 0.05) is 6.07 Å². The molecule has 0 bridgehead atoms. The molecule has 0 aromatic heterocycles. The van der Waals surface area contributed by atoms with Gasteiger partial charge in [-0.05, 0) is 144 Å². The van der Waals surface area contributed by atoms with E-state index >= 15 is 0 Å². The van der Waals surface area contributed by atoms with Crippen LogP contribution in [0.1, 0.15) is 174 Å². The largest absolute Gasteiger partial charge is 0.494 e. The Kier molecular flexibility index (Phi) is 29.1. The highest BCUT2D eigenvalue weighted by atomic mass is 16.5. The van der Waals surface area contributed by atoms with Crippen LogP contribution in [-0.4, -0.2) is 39.5 Å². The van der Waals surface area contributed by atoms with E-state index < -0.39 is 5.97 Å². The molecule has 86 heavy (non-hydrogen) atoms. The maximum atomic E-state index is 13.1. The summed E-state index contributed by atoms with van der Waals surface area (Å²) in [5, 5.41) is 0. The number of benzene rings is 7. The first-order chi connectivity index (χ1) is 42.3. The molecule has 12 nitrogen and oxygen atoms in total. The molecular formula is C74H92O12. The van der Waals surface area contributed by atoms with Gasteiger partial charge in [0.05, 0.1) is 39.1 Å². The zero-order valence-electron chi connectivity index (χ0n) is 51.7.